The Bertz CT molecular complexity index is 118. The average molecular weight is 162 g/mol. The van der Waals surface area contributed by atoms with Crippen LogP contribution in [0, 0.1) is 0 Å². The third-order valence-electron chi connectivity index (χ3n) is 1.25. The van der Waals surface area contributed by atoms with Crippen LogP contribution in [0.1, 0.15) is 6.42 Å². The summed E-state index contributed by atoms with van der Waals surface area (Å²) in [5.74, 6) is -0.951. The van der Waals surface area contributed by atoms with Crippen molar-refractivity contribution in [2.75, 3.05) is 19.7 Å². The zero-order valence-corrected chi connectivity index (χ0v) is 6.29. The van der Waals surface area contributed by atoms with Gasteiger partial charge in [-0.1, -0.05) is 0 Å². The van der Waals surface area contributed by atoms with E-state index >= 15 is 0 Å². The minimum absolute atomic E-state index is 0.130. The zero-order chi connectivity index (χ0) is 8.69. The van der Waals surface area contributed by atoms with E-state index in [2.05, 4.69) is 5.32 Å². The lowest BCUT2D eigenvalue weighted by Crippen LogP contribution is -2.39. The highest BCUT2D eigenvalue weighted by Gasteiger charge is 2.14. The maximum absolute atomic E-state index is 10.4. The van der Waals surface area contributed by atoms with Crippen molar-refractivity contribution in [3.8, 4) is 0 Å². The van der Waals surface area contributed by atoms with Crippen LogP contribution in [0.5, 0.6) is 0 Å². The summed E-state index contributed by atoms with van der Waals surface area (Å²) >= 11 is 0. The summed E-state index contributed by atoms with van der Waals surface area (Å²) in [7, 11) is 0. The van der Waals surface area contributed by atoms with Gasteiger partial charge < -0.3 is 21.3 Å². The number of carbonyl (C=O) groups is 1. The van der Waals surface area contributed by atoms with E-state index in [-0.39, 0.29) is 13.0 Å². The Kier molecular flexibility index (Phi) is 5.73. The summed E-state index contributed by atoms with van der Waals surface area (Å²) in [5, 5.41) is 19.7. The predicted octanol–water partition coefficient (Wildman–Crippen LogP) is -1.63. The number of nitrogens with one attached hydrogen (secondary N) is 1. The fourth-order valence-corrected chi connectivity index (χ4v) is 0.700. The molecule has 0 aliphatic rings. The summed E-state index contributed by atoms with van der Waals surface area (Å²) in [6.45, 7) is 0.723. The number of aliphatic hydroxyl groups excluding tert-OH is 1. The first-order valence-corrected chi connectivity index (χ1v) is 3.49. The number of carboxylic acid groups (broad SMARTS) is 1. The molecule has 66 valence electrons. The molecule has 0 aliphatic carbocycles. The topological polar surface area (TPSA) is 95.6 Å². The molecule has 0 amide bonds. The van der Waals surface area contributed by atoms with Gasteiger partial charge in [0.05, 0.1) is 0 Å². The Morgan fingerprint density at radius 1 is 1.64 bits per heavy atom. The van der Waals surface area contributed by atoms with Crippen molar-refractivity contribution in [2.24, 2.45) is 5.73 Å². The molecule has 5 heteroatoms. The maximum Gasteiger partial charge on any atom is 0.320 e. The summed E-state index contributed by atoms with van der Waals surface area (Å²) in [4.78, 5) is 10.4. The molecule has 0 rings (SSSR count). The second-order valence-electron chi connectivity index (χ2n) is 2.15. The van der Waals surface area contributed by atoms with Crippen molar-refractivity contribution in [1.29, 1.82) is 0 Å². The number of aliphatic hydroxyl groups is 1. The Labute approximate surface area is 65.2 Å². The number of hydrogen-bond acceptors (Lipinski definition) is 4. The second-order valence-corrected chi connectivity index (χ2v) is 2.15. The normalized spacial score (nSPS) is 12.9. The molecule has 0 radical (unpaired) electrons. The highest BCUT2D eigenvalue weighted by atomic mass is 16.4. The number of hydrogen-bond donors (Lipinski definition) is 4. The number of aliphatic carboxylic acids is 1. The molecule has 0 unspecified atom stereocenters. The highest BCUT2D eigenvalue weighted by Crippen LogP contribution is 1.89. The molecule has 5 N–H and O–H groups in total. The quantitative estimate of drug-likeness (QED) is 0.376. The van der Waals surface area contributed by atoms with E-state index in [9.17, 15) is 4.79 Å². The monoisotopic (exact) mass is 162 g/mol. The third kappa shape index (κ3) is 4.72. The van der Waals surface area contributed by atoms with Crippen molar-refractivity contribution in [1.82, 2.24) is 5.32 Å². The lowest BCUT2D eigenvalue weighted by Gasteiger charge is -2.11. The summed E-state index contributed by atoms with van der Waals surface area (Å²) in [5.41, 5.74) is 5.16. The van der Waals surface area contributed by atoms with E-state index in [1.807, 2.05) is 0 Å². The van der Waals surface area contributed by atoms with Crippen molar-refractivity contribution < 1.29 is 15.0 Å². The molecule has 1 atom stereocenters. The summed E-state index contributed by atoms with van der Waals surface area (Å²) in [6, 6.07) is -0.677. The van der Waals surface area contributed by atoms with E-state index in [0.717, 1.165) is 0 Å². The number of rotatable bonds is 6. The van der Waals surface area contributed by atoms with Crippen LogP contribution in [0.2, 0.25) is 0 Å². The molecular weight excluding hydrogens is 148 g/mol. The van der Waals surface area contributed by atoms with E-state index in [4.69, 9.17) is 15.9 Å². The molecule has 0 aromatic heterocycles. The van der Waals surface area contributed by atoms with Crippen LogP contribution in [0.3, 0.4) is 0 Å². The average Bonchev–Trinajstić information content (AvgIpc) is 1.97. The first kappa shape index (κ1) is 10.3. The third-order valence-corrected chi connectivity index (χ3v) is 1.25. The highest BCUT2D eigenvalue weighted by molar-refractivity contribution is 5.73. The van der Waals surface area contributed by atoms with Gasteiger partial charge in [0.2, 0.25) is 0 Å². The standard InChI is InChI=1S/C6H14N2O3/c7-2-3-8-5(1-4-9)6(10)11/h5,8-9H,1-4,7H2,(H,10,11)/t5-/m0/s1. The molecule has 0 aromatic carbocycles. The molecule has 0 spiro atoms. The van der Waals surface area contributed by atoms with E-state index < -0.39 is 12.0 Å². The molecular formula is C6H14N2O3. The SMILES string of the molecule is NCCN[C@@H](CCO)C(=O)O. The zero-order valence-electron chi connectivity index (χ0n) is 6.29. The van der Waals surface area contributed by atoms with E-state index in [1.54, 1.807) is 0 Å². The molecule has 0 saturated heterocycles. The number of nitrogens with two attached hydrogens (primary N) is 1. The van der Waals surface area contributed by atoms with Crippen LogP contribution < -0.4 is 11.1 Å². The Morgan fingerprint density at radius 2 is 2.27 bits per heavy atom. The van der Waals surface area contributed by atoms with Gasteiger partial charge in [-0.15, -0.1) is 0 Å². The molecule has 0 fully saturated rings. The van der Waals surface area contributed by atoms with Crippen LogP contribution in [0.25, 0.3) is 0 Å². The van der Waals surface area contributed by atoms with Gasteiger partial charge in [0.15, 0.2) is 0 Å². The molecule has 0 saturated carbocycles. The van der Waals surface area contributed by atoms with Gasteiger partial charge in [-0.05, 0) is 6.42 Å². The minimum atomic E-state index is -0.951. The molecule has 0 bridgehead atoms. The van der Waals surface area contributed by atoms with Gasteiger partial charge >= 0.3 is 5.97 Å². The van der Waals surface area contributed by atoms with E-state index in [0.29, 0.717) is 13.1 Å². The fraction of sp³-hybridized carbons (Fsp3) is 0.833. The van der Waals surface area contributed by atoms with Crippen LogP contribution >= 0.6 is 0 Å². The van der Waals surface area contributed by atoms with Gasteiger partial charge in [0.25, 0.3) is 0 Å². The smallest absolute Gasteiger partial charge is 0.320 e. The van der Waals surface area contributed by atoms with Crippen molar-refractivity contribution in [3.63, 3.8) is 0 Å². The fourth-order valence-electron chi connectivity index (χ4n) is 0.700. The maximum atomic E-state index is 10.4. The number of carboxylic acids is 1. The van der Waals surface area contributed by atoms with Crippen molar-refractivity contribution in [3.05, 3.63) is 0 Å². The van der Waals surface area contributed by atoms with Crippen LogP contribution in [-0.4, -0.2) is 41.9 Å². The van der Waals surface area contributed by atoms with Gasteiger partial charge in [0, 0.05) is 19.7 Å². The van der Waals surface area contributed by atoms with Gasteiger partial charge in [-0.3, -0.25) is 4.79 Å². The predicted molar refractivity (Wildman–Crippen MR) is 40.2 cm³/mol. The Morgan fingerprint density at radius 3 is 2.64 bits per heavy atom. The van der Waals surface area contributed by atoms with Crippen LogP contribution in [0.15, 0.2) is 0 Å². The van der Waals surface area contributed by atoms with E-state index in [1.165, 1.54) is 0 Å². The van der Waals surface area contributed by atoms with Crippen LogP contribution in [-0.2, 0) is 4.79 Å². The molecule has 0 aliphatic heterocycles. The second kappa shape index (κ2) is 6.09. The molecule has 5 nitrogen and oxygen atoms in total. The Hall–Kier alpha value is -0.650. The molecule has 0 aromatic rings. The molecule has 11 heavy (non-hydrogen) atoms. The Balaban J connectivity index is 3.60. The lowest BCUT2D eigenvalue weighted by atomic mass is 10.2. The first-order valence-electron chi connectivity index (χ1n) is 3.49. The molecule has 0 heterocycles. The van der Waals surface area contributed by atoms with Crippen molar-refractivity contribution in [2.45, 2.75) is 12.5 Å². The van der Waals surface area contributed by atoms with Gasteiger partial charge in [0.1, 0.15) is 6.04 Å². The minimum Gasteiger partial charge on any atom is -0.480 e. The summed E-state index contributed by atoms with van der Waals surface area (Å²) < 4.78 is 0. The summed E-state index contributed by atoms with van der Waals surface area (Å²) in [6.07, 6.45) is 0.218. The largest absolute Gasteiger partial charge is 0.480 e. The van der Waals surface area contributed by atoms with Gasteiger partial charge in [-0.2, -0.15) is 0 Å². The van der Waals surface area contributed by atoms with Crippen molar-refractivity contribution >= 4 is 5.97 Å². The lowest BCUT2D eigenvalue weighted by molar-refractivity contribution is -0.139. The van der Waals surface area contributed by atoms with Gasteiger partial charge in [-0.25, -0.2) is 0 Å². The van der Waals surface area contributed by atoms with Crippen LogP contribution in [0.4, 0.5) is 0 Å². The first-order chi connectivity index (χ1) is 5.22.